The Hall–Kier alpha value is -4.44. The monoisotopic (exact) mass is 560 g/mol. The highest BCUT2D eigenvalue weighted by atomic mass is 35.5. The van der Waals surface area contributed by atoms with E-state index in [1.165, 1.54) is 17.0 Å². The molecule has 0 radical (unpaired) electrons. The molecule has 3 N–H and O–H groups in total. The van der Waals surface area contributed by atoms with E-state index in [9.17, 15) is 19.2 Å². The molecule has 2 heterocycles. The van der Waals surface area contributed by atoms with Crippen LogP contribution in [0.25, 0.3) is 16.6 Å². The summed E-state index contributed by atoms with van der Waals surface area (Å²) in [5, 5.41) is 7.52. The van der Waals surface area contributed by atoms with Crippen molar-refractivity contribution in [2.75, 3.05) is 14.1 Å². The number of nitrogens with zero attached hydrogens (tertiary/aromatic N) is 3. The number of aromatic amines is 1. The second kappa shape index (κ2) is 11.4. The molecule has 0 unspecified atom stereocenters. The highest BCUT2D eigenvalue weighted by Gasteiger charge is 2.36. The number of hydrogen-bond acceptors (Lipinski definition) is 5. The van der Waals surface area contributed by atoms with Gasteiger partial charge in [-0.2, -0.15) is 0 Å². The van der Waals surface area contributed by atoms with Gasteiger partial charge in [0, 0.05) is 72.4 Å². The van der Waals surface area contributed by atoms with Crippen LogP contribution in [0.2, 0.25) is 5.02 Å². The minimum atomic E-state index is -0.467. The molecule has 1 saturated carbocycles. The van der Waals surface area contributed by atoms with Crippen LogP contribution in [0.5, 0.6) is 0 Å². The Morgan fingerprint density at radius 1 is 1.00 bits per heavy atom. The van der Waals surface area contributed by atoms with Crippen molar-refractivity contribution in [1.29, 1.82) is 0 Å². The molecular weight excluding hydrogens is 532 g/mol. The number of hydrogen-bond donors (Lipinski definition) is 3. The molecule has 1 aliphatic carbocycles. The summed E-state index contributed by atoms with van der Waals surface area (Å²) in [5.74, 6) is -0.892. The van der Waals surface area contributed by atoms with Crippen LogP contribution in [0.15, 0.2) is 72.0 Å². The van der Waals surface area contributed by atoms with Crippen molar-refractivity contribution in [2.45, 2.75) is 31.3 Å². The molecule has 0 spiro atoms. The van der Waals surface area contributed by atoms with Crippen LogP contribution in [-0.2, 0) is 4.79 Å². The zero-order valence-electron chi connectivity index (χ0n) is 22.1. The molecular formula is C29H29ClN6O4. The highest BCUT2D eigenvalue weighted by Crippen LogP contribution is 2.28. The van der Waals surface area contributed by atoms with Crippen molar-refractivity contribution in [3.63, 3.8) is 0 Å². The van der Waals surface area contributed by atoms with Crippen molar-refractivity contribution >= 4 is 40.2 Å². The SMILES string of the molecule is CN(C)C(=O)[C@@H]1CC[C@@H](NC(=O)c2ccc3c(Cl)c[nH]c3c2)[C@@H](NC(=O)c2ccc(-n3ccncc3=O)cc2)C1. The summed E-state index contributed by atoms with van der Waals surface area (Å²) in [6.45, 7) is 0. The average Bonchev–Trinajstić information content (AvgIpc) is 3.33. The smallest absolute Gasteiger partial charge is 0.273 e. The van der Waals surface area contributed by atoms with E-state index in [1.807, 2.05) is 0 Å². The Morgan fingerprint density at radius 2 is 1.70 bits per heavy atom. The Kier molecular flexibility index (Phi) is 7.70. The van der Waals surface area contributed by atoms with E-state index in [1.54, 1.807) is 73.9 Å². The number of carbonyl (C=O) groups is 3. The number of rotatable bonds is 6. The van der Waals surface area contributed by atoms with E-state index < -0.39 is 6.04 Å². The number of nitrogens with one attached hydrogen (secondary N) is 3. The van der Waals surface area contributed by atoms with Gasteiger partial charge in [-0.1, -0.05) is 17.7 Å². The van der Waals surface area contributed by atoms with Gasteiger partial charge in [0.05, 0.1) is 17.3 Å². The minimum Gasteiger partial charge on any atom is -0.360 e. The maximum absolute atomic E-state index is 13.3. The topological polar surface area (TPSA) is 129 Å². The van der Waals surface area contributed by atoms with Gasteiger partial charge in [-0.15, -0.1) is 0 Å². The summed E-state index contributed by atoms with van der Waals surface area (Å²) < 4.78 is 1.43. The molecule has 11 heteroatoms. The van der Waals surface area contributed by atoms with E-state index in [0.29, 0.717) is 41.1 Å². The normalized spacial score (nSPS) is 18.7. The standard InChI is InChI=1S/C29H29ClN6O4/c1-35(2)29(40)19-6-10-23(33-28(39)18-5-9-21-22(30)15-32-24(21)13-18)25(14-19)34-27(38)17-3-7-20(8-4-17)36-12-11-31-16-26(36)37/h3-5,7-9,11-13,15-16,19,23,25,32H,6,10,14H2,1-2H3,(H,33,39)(H,34,38)/t19-,23-,25+/m1/s1. The molecule has 206 valence electrons. The van der Waals surface area contributed by atoms with Gasteiger partial charge >= 0.3 is 0 Å². The van der Waals surface area contributed by atoms with Gasteiger partial charge in [0.25, 0.3) is 17.4 Å². The molecule has 0 bridgehead atoms. The fourth-order valence-corrected chi connectivity index (χ4v) is 5.38. The molecule has 0 aliphatic heterocycles. The molecule has 2 aromatic carbocycles. The third-order valence-electron chi connectivity index (χ3n) is 7.30. The Labute approximate surface area is 235 Å². The summed E-state index contributed by atoms with van der Waals surface area (Å²) in [4.78, 5) is 59.7. The van der Waals surface area contributed by atoms with Gasteiger partial charge < -0.3 is 20.5 Å². The van der Waals surface area contributed by atoms with Crippen molar-refractivity contribution in [3.8, 4) is 5.69 Å². The van der Waals surface area contributed by atoms with E-state index in [0.717, 1.165) is 10.9 Å². The third kappa shape index (κ3) is 5.62. The van der Waals surface area contributed by atoms with E-state index >= 15 is 0 Å². The van der Waals surface area contributed by atoms with Crippen molar-refractivity contribution in [3.05, 3.63) is 93.8 Å². The highest BCUT2D eigenvalue weighted by molar-refractivity contribution is 6.35. The van der Waals surface area contributed by atoms with Crippen molar-refractivity contribution in [2.24, 2.45) is 5.92 Å². The van der Waals surface area contributed by atoms with Gasteiger partial charge in [0.2, 0.25) is 5.91 Å². The van der Waals surface area contributed by atoms with Gasteiger partial charge in [0.1, 0.15) is 0 Å². The van der Waals surface area contributed by atoms with Gasteiger partial charge in [-0.05, 0) is 55.7 Å². The molecule has 3 amide bonds. The number of aromatic nitrogens is 3. The summed E-state index contributed by atoms with van der Waals surface area (Å²) in [6.07, 6.45) is 7.46. The number of amides is 3. The molecule has 4 aromatic rings. The number of H-pyrrole nitrogens is 1. The summed E-state index contributed by atoms with van der Waals surface area (Å²) >= 11 is 6.17. The van der Waals surface area contributed by atoms with Crippen LogP contribution in [0, 0.1) is 5.92 Å². The van der Waals surface area contributed by atoms with E-state index in [-0.39, 0.29) is 35.2 Å². The van der Waals surface area contributed by atoms with Gasteiger partial charge in [-0.25, -0.2) is 0 Å². The van der Waals surface area contributed by atoms with Crippen LogP contribution >= 0.6 is 11.6 Å². The lowest BCUT2D eigenvalue weighted by Crippen LogP contribution is -2.55. The molecule has 1 aliphatic rings. The number of halogens is 1. The summed E-state index contributed by atoms with van der Waals surface area (Å²) in [7, 11) is 3.42. The Morgan fingerprint density at radius 3 is 2.42 bits per heavy atom. The maximum atomic E-state index is 13.3. The maximum Gasteiger partial charge on any atom is 0.273 e. The summed E-state index contributed by atoms with van der Waals surface area (Å²) in [6, 6.07) is 11.0. The molecule has 3 atom stereocenters. The van der Waals surface area contributed by atoms with Gasteiger partial charge in [-0.3, -0.25) is 28.7 Å². The lowest BCUT2D eigenvalue weighted by molar-refractivity contribution is -0.134. The van der Waals surface area contributed by atoms with Crippen LogP contribution in [0.4, 0.5) is 0 Å². The van der Waals surface area contributed by atoms with Gasteiger partial charge in [0.15, 0.2) is 0 Å². The lowest BCUT2D eigenvalue weighted by Gasteiger charge is -2.37. The molecule has 2 aromatic heterocycles. The fraction of sp³-hybridized carbons (Fsp3) is 0.276. The largest absolute Gasteiger partial charge is 0.360 e. The second-order valence-electron chi connectivity index (χ2n) is 10.1. The Balaban J connectivity index is 1.34. The van der Waals surface area contributed by atoms with Crippen LogP contribution in [-0.4, -0.2) is 63.3 Å². The predicted octanol–water partition coefficient (Wildman–Crippen LogP) is 3.15. The molecule has 0 saturated heterocycles. The van der Waals surface area contributed by atoms with Crippen LogP contribution < -0.4 is 16.2 Å². The van der Waals surface area contributed by atoms with Crippen molar-refractivity contribution < 1.29 is 14.4 Å². The van der Waals surface area contributed by atoms with E-state index in [2.05, 4.69) is 20.6 Å². The van der Waals surface area contributed by atoms with Crippen LogP contribution in [0.3, 0.4) is 0 Å². The number of carbonyl (C=O) groups excluding carboxylic acids is 3. The molecule has 40 heavy (non-hydrogen) atoms. The first-order chi connectivity index (χ1) is 19.2. The number of benzene rings is 2. The molecule has 10 nitrogen and oxygen atoms in total. The zero-order valence-corrected chi connectivity index (χ0v) is 22.8. The molecule has 1 fully saturated rings. The zero-order chi connectivity index (χ0) is 28.4. The second-order valence-corrected chi connectivity index (χ2v) is 10.5. The minimum absolute atomic E-state index is 0.00903. The summed E-state index contributed by atoms with van der Waals surface area (Å²) in [5.41, 5.74) is 1.93. The lowest BCUT2D eigenvalue weighted by atomic mass is 9.81. The van der Waals surface area contributed by atoms with Crippen LogP contribution in [0.1, 0.15) is 40.0 Å². The fourth-order valence-electron chi connectivity index (χ4n) is 5.16. The first kappa shape index (κ1) is 27.1. The number of fused-ring (bicyclic) bond motifs is 1. The van der Waals surface area contributed by atoms with E-state index in [4.69, 9.17) is 11.6 Å². The molecule has 5 rings (SSSR count). The predicted molar refractivity (Wildman–Crippen MR) is 152 cm³/mol. The quantitative estimate of drug-likeness (QED) is 0.334. The average molecular weight is 561 g/mol. The Bertz CT molecular complexity index is 1630. The first-order valence-corrected chi connectivity index (χ1v) is 13.3. The van der Waals surface area contributed by atoms with Crippen molar-refractivity contribution in [1.82, 2.24) is 30.1 Å². The third-order valence-corrected chi connectivity index (χ3v) is 7.61. The first-order valence-electron chi connectivity index (χ1n) is 12.9.